The van der Waals surface area contributed by atoms with Crippen LogP contribution in [0.4, 0.5) is 5.69 Å². The molecule has 0 aromatic heterocycles. The van der Waals surface area contributed by atoms with Crippen molar-refractivity contribution in [2.24, 2.45) is 5.92 Å². The molecule has 0 bridgehead atoms. The van der Waals surface area contributed by atoms with E-state index in [0.29, 0.717) is 5.92 Å². The minimum Gasteiger partial charge on any atom is -0.371 e. The van der Waals surface area contributed by atoms with E-state index in [9.17, 15) is 0 Å². The highest BCUT2D eigenvalue weighted by atomic mass is 35.5. The van der Waals surface area contributed by atoms with Crippen LogP contribution < -0.4 is 10.2 Å². The molecule has 1 aromatic carbocycles. The Hall–Kier alpha value is -0.730. The van der Waals surface area contributed by atoms with Crippen LogP contribution in [-0.4, -0.2) is 19.6 Å². The summed E-state index contributed by atoms with van der Waals surface area (Å²) < 4.78 is 0. The summed E-state index contributed by atoms with van der Waals surface area (Å²) in [6.07, 6.45) is 2.32. The first-order valence-electron chi connectivity index (χ1n) is 7.83. The van der Waals surface area contributed by atoms with Crippen molar-refractivity contribution in [3.63, 3.8) is 0 Å². The molecule has 0 aliphatic heterocycles. The highest BCUT2D eigenvalue weighted by Crippen LogP contribution is 2.28. The maximum Gasteiger partial charge on any atom is 0.0471 e. The number of nitrogens with zero attached hydrogens (tertiary/aromatic N) is 1. The zero-order valence-electron chi connectivity index (χ0n) is 13.4. The molecule has 0 aliphatic rings. The first-order chi connectivity index (χ1) is 9.60. The lowest BCUT2D eigenvalue weighted by Gasteiger charge is -2.27. The Morgan fingerprint density at radius 2 is 1.80 bits per heavy atom. The average molecular weight is 297 g/mol. The minimum absolute atomic E-state index is 0.656. The zero-order valence-corrected chi connectivity index (χ0v) is 14.1. The lowest BCUT2D eigenvalue weighted by Crippen LogP contribution is -2.27. The number of anilines is 1. The van der Waals surface area contributed by atoms with Gasteiger partial charge in [0.05, 0.1) is 0 Å². The van der Waals surface area contributed by atoms with Gasteiger partial charge in [-0.3, -0.25) is 0 Å². The van der Waals surface area contributed by atoms with Crippen molar-refractivity contribution in [1.82, 2.24) is 5.32 Å². The van der Waals surface area contributed by atoms with Crippen LogP contribution in [0.25, 0.3) is 0 Å². The highest BCUT2D eigenvalue weighted by molar-refractivity contribution is 6.31. The molecule has 0 spiro atoms. The van der Waals surface area contributed by atoms with Gasteiger partial charge >= 0.3 is 0 Å². The average Bonchev–Trinajstić information content (AvgIpc) is 2.40. The molecule has 0 heterocycles. The molecule has 0 fully saturated rings. The standard InChI is InChI=1S/C17H29ClN2/c1-5-10-20(11-6-2)17-9-7-8-16(18)15(17)13-19-12-14(3)4/h7-9,14,19H,5-6,10-13H2,1-4H3. The zero-order chi connectivity index (χ0) is 15.0. The van der Waals surface area contributed by atoms with Gasteiger partial charge in [-0.15, -0.1) is 0 Å². The Bertz CT molecular complexity index is 385. The van der Waals surface area contributed by atoms with Gasteiger partial charge in [0.25, 0.3) is 0 Å². The normalized spacial score (nSPS) is 11.1. The fourth-order valence-corrected chi connectivity index (χ4v) is 2.63. The van der Waals surface area contributed by atoms with E-state index >= 15 is 0 Å². The van der Waals surface area contributed by atoms with Crippen LogP contribution in [0.3, 0.4) is 0 Å². The highest BCUT2D eigenvalue weighted by Gasteiger charge is 2.12. The predicted molar refractivity (Wildman–Crippen MR) is 90.8 cm³/mol. The monoisotopic (exact) mass is 296 g/mol. The molecule has 1 N–H and O–H groups in total. The Morgan fingerprint density at radius 1 is 1.15 bits per heavy atom. The third-order valence-corrected chi connectivity index (χ3v) is 3.63. The summed E-state index contributed by atoms with van der Waals surface area (Å²) in [5, 5.41) is 4.38. The Morgan fingerprint density at radius 3 is 2.35 bits per heavy atom. The summed E-state index contributed by atoms with van der Waals surface area (Å²) in [5.41, 5.74) is 2.52. The lowest BCUT2D eigenvalue weighted by molar-refractivity contribution is 0.551. The third kappa shape index (κ3) is 5.34. The van der Waals surface area contributed by atoms with Gasteiger partial charge in [-0.25, -0.2) is 0 Å². The maximum absolute atomic E-state index is 6.42. The van der Waals surface area contributed by atoms with Crippen LogP contribution in [0.2, 0.25) is 5.02 Å². The maximum atomic E-state index is 6.42. The minimum atomic E-state index is 0.656. The van der Waals surface area contributed by atoms with Crippen molar-refractivity contribution < 1.29 is 0 Å². The van der Waals surface area contributed by atoms with Gasteiger partial charge in [0, 0.05) is 35.9 Å². The van der Waals surface area contributed by atoms with Gasteiger partial charge in [-0.2, -0.15) is 0 Å². The summed E-state index contributed by atoms with van der Waals surface area (Å²) in [7, 11) is 0. The first kappa shape index (κ1) is 17.3. The van der Waals surface area contributed by atoms with Gasteiger partial charge in [-0.05, 0) is 37.4 Å². The van der Waals surface area contributed by atoms with Crippen molar-refractivity contribution in [3.05, 3.63) is 28.8 Å². The van der Waals surface area contributed by atoms with E-state index in [1.165, 1.54) is 11.3 Å². The van der Waals surface area contributed by atoms with Gasteiger partial charge < -0.3 is 10.2 Å². The molecule has 0 atom stereocenters. The quantitative estimate of drug-likeness (QED) is 0.710. The number of benzene rings is 1. The fourth-order valence-electron chi connectivity index (χ4n) is 2.40. The van der Waals surface area contributed by atoms with Gasteiger partial charge in [0.15, 0.2) is 0 Å². The lowest BCUT2D eigenvalue weighted by atomic mass is 10.1. The Balaban J connectivity index is 2.90. The molecule has 2 nitrogen and oxygen atoms in total. The molecule has 0 unspecified atom stereocenters. The van der Waals surface area contributed by atoms with Crippen LogP contribution in [0.15, 0.2) is 18.2 Å². The van der Waals surface area contributed by atoms with E-state index in [2.05, 4.69) is 50.0 Å². The summed E-state index contributed by atoms with van der Waals surface area (Å²) in [5.74, 6) is 0.656. The van der Waals surface area contributed by atoms with Crippen molar-refractivity contribution in [2.45, 2.75) is 47.1 Å². The SMILES string of the molecule is CCCN(CCC)c1cccc(Cl)c1CNCC(C)C. The summed E-state index contributed by atoms with van der Waals surface area (Å²) in [6.45, 7) is 12.9. The molecule has 0 amide bonds. The molecule has 20 heavy (non-hydrogen) atoms. The summed E-state index contributed by atoms with van der Waals surface area (Å²) >= 11 is 6.42. The molecule has 1 aromatic rings. The van der Waals surface area contributed by atoms with E-state index in [1.54, 1.807) is 0 Å². The van der Waals surface area contributed by atoms with E-state index in [1.807, 2.05) is 6.07 Å². The number of halogens is 1. The Kier molecular flexibility index (Phi) is 8.01. The van der Waals surface area contributed by atoms with Gasteiger partial charge in [0.1, 0.15) is 0 Å². The van der Waals surface area contributed by atoms with E-state index in [0.717, 1.165) is 44.0 Å². The molecule has 1 rings (SSSR count). The molecule has 0 aliphatic carbocycles. The van der Waals surface area contributed by atoms with Crippen molar-refractivity contribution in [3.8, 4) is 0 Å². The summed E-state index contributed by atoms with van der Waals surface area (Å²) in [6, 6.07) is 6.25. The number of nitrogens with one attached hydrogen (secondary N) is 1. The van der Waals surface area contributed by atoms with Gasteiger partial charge in [-0.1, -0.05) is 45.4 Å². The van der Waals surface area contributed by atoms with Crippen LogP contribution in [0, 0.1) is 5.92 Å². The predicted octanol–water partition coefficient (Wildman–Crippen LogP) is 4.71. The Labute approximate surface area is 129 Å². The van der Waals surface area contributed by atoms with Crippen molar-refractivity contribution >= 4 is 17.3 Å². The molecule has 114 valence electrons. The van der Waals surface area contributed by atoms with E-state index in [-0.39, 0.29) is 0 Å². The third-order valence-electron chi connectivity index (χ3n) is 3.28. The smallest absolute Gasteiger partial charge is 0.0471 e. The van der Waals surface area contributed by atoms with E-state index < -0.39 is 0 Å². The van der Waals surface area contributed by atoms with Crippen LogP contribution in [0.5, 0.6) is 0 Å². The molecule has 0 radical (unpaired) electrons. The second-order valence-electron chi connectivity index (χ2n) is 5.75. The number of hydrogen-bond donors (Lipinski definition) is 1. The molecule has 0 saturated carbocycles. The van der Waals surface area contributed by atoms with Crippen molar-refractivity contribution in [1.29, 1.82) is 0 Å². The number of rotatable bonds is 9. The molecule has 3 heteroatoms. The van der Waals surface area contributed by atoms with Gasteiger partial charge in [0.2, 0.25) is 0 Å². The topological polar surface area (TPSA) is 15.3 Å². The largest absolute Gasteiger partial charge is 0.371 e. The molecular formula is C17H29ClN2. The van der Waals surface area contributed by atoms with E-state index in [4.69, 9.17) is 11.6 Å². The molecule has 0 saturated heterocycles. The second kappa shape index (κ2) is 9.25. The van der Waals surface area contributed by atoms with Crippen molar-refractivity contribution in [2.75, 3.05) is 24.5 Å². The second-order valence-corrected chi connectivity index (χ2v) is 6.16. The van der Waals surface area contributed by atoms with Crippen LogP contribution in [0.1, 0.15) is 46.1 Å². The van der Waals surface area contributed by atoms with Crippen LogP contribution in [-0.2, 0) is 6.54 Å². The fraction of sp³-hybridized carbons (Fsp3) is 0.647. The van der Waals surface area contributed by atoms with Crippen LogP contribution >= 0.6 is 11.6 Å². The summed E-state index contributed by atoms with van der Waals surface area (Å²) in [4.78, 5) is 2.46. The molecular weight excluding hydrogens is 268 g/mol. The number of hydrogen-bond acceptors (Lipinski definition) is 2. The first-order valence-corrected chi connectivity index (χ1v) is 8.20.